The van der Waals surface area contributed by atoms with E-state index in [1.54, 1.807) is 54.3 Å². The number of carbonyl (C=O) groups is 1. The van der Waals surface area contributed by atoms with Crippen LogP contribution in [0.3, 0.4) is 0 Å². The second-order valence-electron chi connectivity index (χ2n) is 5.26. The summed E-state index contributed by atoms with van der Waals surface area (Å²) in [5.74, 6) is -0.424. The Morgan fingerprint density at radius 2 is 2.00 bits per heavy atom. The van der Waals surface area contributed by atoms with Crippen LogP contribution in [0.1, 0.15) is 15.9 Å². The van der Waals surface area contributed by atoms with Crippen molar-refractivity contribution in [1.29, 1.82) is 0 Å². The molecule has 0 unspecified atom stereocenters. The Morgan fingerprint density at radius 1 is 1.26 bits per heavy atom. The molecule has 2 heterocycles. The maximum absolute atomic E-state index is 12.6. The van der Waals surface area contributed by atoms with Gasteiger partial charge in [-0.15, -0.1) is 0 Å². The third kappa shape index (κ3) is 2.78. The lowest BCUT2D eigenvalue weighted by Crippen LogP contribution is -2.29. The van der Waals surface area contributed by atoms with Crippen molar-refractivity contribution in [2.24, 2.45) is 7.05 Å². The Bertz CT molecular complexity index is 932. The quantitative estimate of drug-likeness (QED) is 0.717. The van der Waals surface area contributed by atoms with E-state index < -0.39 is 5.91 Å². The third-order valence-electron chi connectivity index (χ3n) is 3.70. The number of rotatable bonds is 3. The van der Waals surface area contributed by atoms with Gasteiger partial charge in [-0.1, -0.05) is 6.07 Å². The smallest absolute Gasteiger partial charge is 0.257 e. The number of aromatic nitrogens is 2. The van der Waals surface area contributed by atoms with Crippen LogP contribution in [-0.2, 0) is 13.6 Å². The lowest BCUT2D eigenvalue weighted by molar-refractivity contribution is 0.0949. The summed E-state index contributed by atoms with van der Waals surface area (Å²) in [6.07, 6.45) is 4.83. The predicted octanol–water partition coefficient (Wildman–Crippen LogP) is 1.45. The van der Waals surface area contributed by atoms with Gasteiger partial charge in [-0.25, -0.2) is 0 Å². The second kappa shape index (κ2) is 5.92. The van der Waals surface area contributed by atoms with Crippen LogP contribution in [-0.4, -0.2) is 15.5 Å². The summed E-state index contributed by atoms with van der Waals surface area (Å²) in [6.45, 7) is 0.326. The number of nitrogens with two attached hydrogens (primary N) is 1. The largest absolute Gasteiger partial charge is 0.398 e. The molecule has 0 radical (unpaired) electrons. The normalized spacial score (nSPS) is 10.7. The number of hydrogen-bond donors (Lipinski definition) is 2. The molecule has 2 aromatic heterocycles. The average molecular weight is 308 g/mol. The van der Waals surface area contributed by atoms with E-state index in [0.717, 1.165) is 5.56 Å². The van der Waals surface area contributed by atoms with Crippen LogP contribution >= 0.6 is 0 Å². The summed E-state index contributed by atoms with van der Waals surface area (Å²) in [7, 11) is 1.78. The monoisotopic (exact) mass is 308 g/mol. The van der Waals surface area contributed by atoms with E-state index in [9.17, 15) is 9.59 Å². The van der Waals surface area contributed by atoms with E-state index in [1.165, 1.54) is 6.20 Å². The SMILES string of the molecule is Cn1cc(C(=O)NCc2ccncc2)c(=O)c2c(N)cccc21. The minimum Gasteiger partial charge on any atom is -0.398 e. The number of benzene rings is 1. The molecule has 3 rings (SSSR count). The molecule has 6 nitrogen and oxygen atoms in total. The van der Waals surface area contributed by atoms with Gasteiger partial charge in [-0.2, -0.15) is 0 Å². The summed E-state index contributed by atoms with van der Waals surface area (Å²) < 4.78 is 1.73. The van der Waals surface area contributed by atoms with E-state index in [0.29, 0.717) is 23.1 Å². The van der Waals surface area contributed by atoms with Crippen molar-refractivity contribution < 1.29 is 4.79 Å². The lowest BCUT2D eigenvalue weighted by atomic mass is 10.1. The molecule has 0 aliphatic heterocycles. The number of fused-ring (bicyclic) bond motifs is 1. The molecule has 0 atom stereocenters. The highest BCUT2D eigenvalue weighted by Gasteiger charge is 2.15. The molecule has 3 aromatic rings. The van der Waals surface area contributed by atoms with Crippen molar-refractivity contribution in [3.63, 3.8) is 0 Å². The molecule has 23 heavy (non-hydrogen) atoms. The number of nitrogen functional groups attached to an aromatic ring is 1. The first-order chi connectivity index (χ1) is 11.1. The zero-order chi connectivity index (χ0) is 16.4. The van der Waals surface area contributed by atoms with Gasteiger partial charge in [-0.3, -0.25) is 14.6 Å². The van der Waals surface area contributed by atoms with Crippen LogP contribution in [0.4, 0.5) is 5.69 Å². The molecular weight excluding hydrogens is 292 g/mol. The molecule has 1 aromatic carbocycles. The van der Waals surface area contributed by atoms with Gasteiger partial charge < -0.3 is 15.6 Å². The van der Waals surface area contributed by atoms with Gasteiger partial charge in [-0.05, 0) is 29.8 Å². The molecule has 0 spiro atoms. The van der Waals surface area contributed by atoms with E-state index in [1.807, 2.05) is 0 Å². The van der Waals surface area contributed by atoms with Crippen molar-refractivity contribution >= 4 is 22.5 Å². The Morgan fingerprint density at radius 3 is 2.74 bits per heavy atom. The lowest BCUT2D eigenvalue weighted by Gasteiger charge is -2.11. The first kappa shape index (κ1) is 14.8. The molecule has 0 saturated carbocycles. The predicted molar refractivity (Wildman–Crippen MR) is 89.0 cm³/mol. The molecular formula is C17H16N4O2. The molecule has 0 saturated heterocycles. The molecule has 0 aliphatic carbocycles. The molecule has 116 valence electrons. The standard InChI is InChI=1S/C17H16N4O2/c1-21-10-12(16(22)15-13(18)3-2-4-14(15)21)17(23)20-9-11-5-7-19-8-6-11/h2-8,10H,9,18H2,1H3,(H,20,23). The summed E-state index contributed by atoms with van der Waals surface area (Å²) in [6, 6.07) is 8.84. The fourth-order valence-corrected chi connectivity index (χ4v) is 2.50. The zero-order valence-electron chi connectivity index (χ0n) is 12.6. The molecule has 0 bridgehead atoms. The Labute approximate surface area is 132 Å². The Balaban J connectivity index is 1.97. The van der Waals surface area contributed by atoms with Crippen LogP contribution in [0.2, 0.25) is 0 Å². The van der Waals surface area contributed by atoms with Gasteiger partial charge in [0.15, 0.2) is 0 Å². The van der Waals surface area contributed by atoms with Crippen LogP contribution in [0.15, 0.2) is 53.7 Å². The third-order valence-corrected chi connectivity index (χ3v) is 3.70. The van der Waals surface area contributed by atoms with Crippen LogP contribution in [0.25, 0.3) is 10.9 Å². The zero-order valence-corrected chi connectivity index (χ0v) is 12.6. The van der Waals surface area contributed by atoms with Gasteiger partial charge in [0, 0.05) is 37.9 Å². The number of pyridine rings is 2. The van der Waals surface area contributed by atoms with Crippen molar-refractivity contribution in [2.45, 2.75) is 6.54 Å². The highest BCUT2D eigenvalue weighted by Crippen LogP contribution is 2.17. The van der Waals surface area contributed by atoms with Crippen molar-refractivity contribution in [1.82, 2.24) is 14.9 Å². The first-order valence-corrected chi connectivity index (χ1v) is 7.13. The molecule has 0 aliphatic rings. The number of anilines is 1. The number of aryl methyl sites for hydroxylation is 1. The van der Waals surface area contributed by atoms with Gasteiger partial charge in [0.05, 0.1) is 10.9 Å². The molecule has 6 heteroatoms. The van der Waals surface area contributed by atoms with Crippen molar-refractivity contribution in [3.05, 3.63) is 70.3 Å². The second-order valence-corrected chi connectivity index (χ2v) is 5.26. The van der Waals surface area contributed by atoms with E-state index in [-0.39, 0.29) is 11.0 Å². The summed E-state index contributed by atoms with van der Waals surface area (Å²) in [4.78, 5) is 28.9. The number of nitrogens with zero attached hydrogens (tertiary/aromatic N) is 2. The maximum atomic E-state index is 12.6. The van der Waals surface area contributed by atoms with Crippen LogP contribution in [0.5, 0.6) is 0 Å². The van der Waals surface area contributed by atoms with Gasteiger partial charge in [0.2, 0.25) is 5.43 Å². The summed E-state index contributed by atoms with van der Waals surface area (Å²) in [5, 5.41) is 3.11. The highest BCUT2D eigenvalue weighted by atomic mass is 16.2. The minimum absolute atomic E-state index is 0.0759. The van der Waals surface area contributed by atoms with Gasteiger partial charge >= 0.3 is 0 Å². The average Bonchev–Trinajstić information content (AvgIpc) is 2.56. The van der Waals surface area contributed by atoms with Gasteiger partial charge in [0.25, 0.3) is 5.91 Å². The maximum Gasteiger partial charge on any atom is 0.257 e. The summed E-state index contributed by atoms with van der Waals surface area (Å²) >= 11 is 0. The topological polar surface area (TPSA) is 90.0 Å². The fraction of sp³-hybridized carbons (Fsp3) is 0.118. The van der Waals surface area contributed by atoms with E-state index >= 15 is 0 Å². The first-order valence-electron chi connectivity index (χ1n) is 7.13. The number of amides is 1. The van der Waals surface area contributed by atoms with Crippen LogP contribution < -0.4 is 16.5 Å². The minimum atomic E-state index is -0.424. The van der Waals surface area contributed by atoms with E-state index in [4.69, 9.17) is 5.73 Å². The number of hydrogen-bond acceptors (Lipinski definition) is 4. The van der Waals surface area contributed by atoms with Crippen molar-refractivity contribution in [2.75, 3.05) is 5.73 Å². The van der Waals surface area contributed by atoms with Crippen molar-refractivity contribution in [3.8, 4) is 0 Å². The number of carbonyl (C=O) groups excluding carboxylic acids is 1. The highest BCUT2D eigenvalue weighted by molar-refractivity contribution is 6.00. The molecule has 0 fully saturated rings. The Hall–Kier alpha value is -3.15. The fourth-order valence-electron chi connectivity index (χ4n) is 2.50. The van der Waals surface area contributed by atoms with Crippen LogP contribution in [0, 0.1) is 0 Å². The van der Waals surface area contributed by atoms with E-state index in [2.05, 4.69) is 10.3 Å². The summed E-state index contributed by atoms with van der Waals surface area (Å²) in [5.41, 5.74) is 7.60. The molecule has 1 amide bonds. The number of nitrogens with one attached hydrogen (secondary N) is 1. The Kier molecular flexibility index (Phi) is 3.80. The molecule has 3 N–H and O–H groups in total. The van der Waals surface area contributed by atoms with Gasteiger partial charge in [0.1, 0.15) is 5.56 Å².